The molecule has 0 bridgehead atoms. The van der Waals surface area contributed by atoms with Crippen LogP contribution in [-0.2, 0) is 5.41 Å². The zero-order valence-corrected chi connectivity index (χ0v) is 12.5. The van der Waals surface area contributed by atoms with E-state index in [0.717, 1.165) is 0 Å². The first-order valence-corrected chi connectivity index (χ1v) is 7.12. The maximum Gasteiger partial charge on any atom is 0.119 e. The number of aliphatic hydroxyl groups is 2. The molecule has 112 valence electrons. The van der Waals surface area contributed by atoms with Crippen molar-refractivity contribution in [2.75, 3.05) is 13.2 Å². The second-order valence-electron chi connectivity index (χ2n) is 5.66. The molecule has 0 amide bonds. The lowest BCUT2D eigenvalue weighted by Crippen LogP contribution is -2.21. The molecule has 2 aromatic carbocycles. The SMILES string of the molecule is CC(C)(c1ccccc1)c1ccc(OC[C@H](O)CO)cc1. The molecule has 3 nitrogen and oxygen atoms in total. The number of hydrogen-bond donors (Lipinski definition) is 2. The number of aliphatic hydroxyl groups excluding tert-OH is 2. The van der Waals surface area contributed by atoms with Crippen LogP contribution in [0.15, 0.2) is 54.6 Å². The summed E-state index contributed by atoms with van der Waals surface area (Å²) < 4.78 is 5.42. The van der Waals surface area contributed by atoms with Crippen LogP contribution >= 0.6 is 0 Å². The lowest BCUT2D eigenvalue weighted by molar-refractivity contribution is 0.0536. The van der Waals surface area contributed by atoms with Crippen molar-refractivity contribution in [3.05, 3.63) is 65.7 Å². The van der Waals surface area contributed by atoms with Gasteiger partial charge in [-0.3, -0.25) is 0 Å². The quantitative estimate of drug-likeness (QED) is 0.858. The number of benzene rings is 2. The van der Waals surface area contributed by atoms with Gasteiger partial charge < -0.3 is 14.9 Å². The van der Waals surface area contributed by atoms with E-state index in [0.29, 0.717) is 5.75 Å². The van der Waals surface area contributed by atoms with Gasteiger partial charge in [0.1, 0.15) is 18.5 Å². The van der Waals surface area contributed by atoms with Crippen molar-refractivity contribution in [1.29, 1.82) is 0 Å². The Kier molecular flexibility index (Phi) is 4.99. The predicted molar refractivity (Wildman–Crippen MR) is 83.6 cm³/mol. The molecule has 0 spiro atoms. The fraction of sp³-hybridized carbons (Fsp3) is 0.333. The second kappa shape index (κ2) is 6.74. The molecule has 0 unspecified atom stereocenters. The average Bonchev–Trinajstić information content (AvgIpc) is 2.53. The Morgan fingerprint density at radius 2 is 1.52 bits per heavy atom. The highest BCUT2D eigenvalue weighted by molar-refractivity contribution is 5.39. The van der Waals surface area contributed by atoms with Gasteiger partial charge in [-0.25, -0.2) is 0 Å². The molecule has 2 rings (SSSR count). The Balaban J connectivity index is 2.11. The first kappa shape index (κ1) is 15.5. The van der Waals surface area contributed by atoms with Gasteiger partial charge in [-0.05, 0) is 23.3 Å². The number of hydrogen-bond acceptors (Lipinski definition) is 3. The Hall–Kier alpha value is -1.84. The van der Waals surface area contributed by atoms with Crippen molar-refractivity contribution in [2.45, 2.75) is 25.4 Å². The summed E-state index contributed by atoms with van der Waals surface area (Å²) in [5, 5.41) is 18.0. The van der Waals surface area contributed by atoms with Gasteiger partial charge in [0.15, 0.2) is 0 Å². The van der Waals surface area contributed by atoms with Gasteiger partial charge in [-0.15, -0.1) is 0 Å². The van der Waals surface area contributed by atoms with E-state index in [4.69, 9.17) is 9.84 Å². The van der Waals surface area contributed by atoms with E-state index in [-0.39, 0.29) is 18.6 Å². The van der Waals surface area contributed by atoms with Crippen LogP contribution in [0.4, 0.5) is 0 Å². The first-order chi connectivity index (χ1) is 10.0. The van der Waals surface area contributed by atoms with E-state index in [1.807, 2.05) is 42.5 Å². The summed E-state index contributed by atoms with van der Waals surface area (Å²) in [4.78, 5) is 0. The molecule has 0 saturated carbocycles. The highest BCUT2D eigenvalue weighted by Gasteiger charge is 2.22. The third-order valence-corrected chi connectivity index (χ3v) is 3.72. The molecule has 1 atom stereocenters. The molecule has 0 aliphatic heterocycles. The summed E-state index contributed by atoms with van der Waals surface area (Å²) in [5.41, 5.74) is 2.38. The van der Waals surface area contributed by atoms with E-state index in [1.165, 1.54) is 11.1 Å². The third kappa shape index (κ3) is 3.84. The zero-order valence-electron chi connectivity index (χ0n) is 12.5. The molecular weight excluding hydrogens is 264 g/mol. The largest absolute Gasteiger partial charge is 0.491 e. The average molecular weight is 286 g/mol. The van der Waals surface area contributed by atoms with Crippen molar-refractivity contribution in [1.82, 2.24) is 0 Å². The highest BCUT2D eigenvalue weighted by Crippen LogP contribution is 2.32. The zero-order chi connectivity index (χ0) is 15.3. The van der Waals surface area contributed by atoms with E-state index >= 15 is 0 Å². The predicted octanol–water partition coefficient (Wildman–Crippen LogP) is 2.74. The Morgan fingerprint density at radius 3 is 2.10 bits per heavy atom. The summed E-state index contributed by atoms with van der Waals surface area (Å²) in [7, 11) is 0. The fourth-order valence-corrected chi connectivity index (χ4v) is 2.23. The topological polar surface area (TPSA) is 49.7 Å². The molecular formula is C18H22O3. The van der Waals surface area contributed by atoms with Crippen LogP contribution in [0.3, 0.4) is 0 Å². The van der Waals surface area contributed by atoms with Crippen molar-refractivity contribution >= 4 is 0 Å². The van der Waals surface area contributed by atoms with Gasteiger partial charge in [-0.2, -0.15) is 0 Å². The van der Waals surface area contributed by atoms with Crippen LogP contribution in [0.25, 0.3) is 0 Å². The lowest BCUT2D eigenvalue weighted by atomic mass is 9.78. The van der Waals surface area contributed by atoms with E-state index in [2.05, 4.69) is 26.0 Å². The van der Waals surface area contributed by atoms with Crippen LogP contribution in [0, 0.1) is 0 Å². The molecule has 0 fully saturated rings. The molecule has 0 aromatic heterocycles. The molecule has 0 saturated heterocycles. The molecule has 3 heteroatoms. The number of ether oxygens (including phenoxy) is 1. The maximum atomic E-state index is 9.28. The molecule has 0 aliphatic rings. The lowest BCUT2D eigenvalue weighted by Gasteiger charge is -2.26. The van der Waals surface area contributed by atoms with Gasteiger partial charge >= 0.3 is 0 Å². The molecule has 0 heterocycles. The van der Waals surface area contributed by atoms with Crippen LogP contribution in [-0.4, -0.2) is 29.5 Å². The fourth-order valence-electron chi connectivity index (χ4n) is 2.23. The van der Waals surface area contributed by atoms with Gasteiger partial charge in [-0.1, -0.05) is 56.3 Å². The van der Waals surface area contributed by atoms with Crippen LogP contribution in [0.2, 0.25) is 0 Å². The van der Waals surface area contributed by atoms with E-state index in [9.17, 15) is 5.11 Å². The highest BCUT2D eigenvalue weighted by atomic mass is 16.5. The van der Waals surface area contributed by atoms with Crippen LogP contribution < -0.4 is 4.74 Å². The van der Waals surface area contributed by atoms with Gasteiger partial charge in [0, 0.05) is 5.41 Å². The van der Waals surface area contributed by atoms with Crippen molar-refractivity contribution in [2.24, 2.45) is 0 Å². The minimum Gasteiger partial charge on any atom is -0.491 e. The molecule has 0 aliphatic carbocycles. The Labute approximate surface area is 125 Å². The van der Waals surface area contributed by atoms with E-state index < -0.39 is 6.10 Å². The standard InChI is InChI=1S/C18H22O3/c1-18(2,14-6-4-3-5-7-14)15-8-10-17(11-9-15)21-13-16(20)12-19/h3-11,16,19-20H,12-13H2,1-2H3/t16-/m1/s1. The normalized spacial score (nSPS) is 13.0. The monoisotopic (exact) mass is 286 g/mol. The molecule has 21 heavy (non-hydrogen) atoms. The Bertz CT molecular complexity index is 546. The smallest absolute Gasteiger partial charge is 0.119 e. The van der Waals surface area contributed by atoms with Crippen molar-refractivity contribution in [3.8, 4) is 5.75 Å². The third-order valence-electron chi connectivity index (χ3n) is 3.72. The maximum absolute atomic E-state index is 9.28. The van der Waals surface area contributed by atoms with Gasteiger partial charge in [0.05, 0.1) is 6.61 Å². The van der Waals surface area contributed by atoms with Gasteiger partial charge in [0.2, 0.25) is 0 Å². The Morgan fingerprint density at radius 1 is 0.952 bits per heavy atom. The van der Waals surface area contributed by atoms with E-state index in [1.54, 1.807) is 0 Å². The van der Waals surface area contributed by atoms with Crippen molar-refractivity contribution in [3.63, 3.8) is 0 Å². The molecule has 2 aromatic rings. The summed E-state index contributed by atoms with van der Waals surface area (Å²) in [5.74, 6) is 0.690. The van der Waals surface area contributed by atoms with Gasteiger partial charge in [0.25, 0.3) is 0 Å². The minimum absolute atomic E-state index is 0.0790. The minimum atomic E-state index is -0.842. The van der Waals surface area contributed by atoms with Crippen LogP contribution in [0.5, 0.6) is 5.75 Å². The number of rotatable bonds is 6. The summed E-state index contributed by atoms with van der Waals surface area (Å²) >= 11 is 0. The molecule has 2 N–H and O–H groups in total. The second-order valence-corrected chi connectivity index (χ2v) is 5.66. The van der Waals surface area contributed by atoms with Crippen LogP contribution in [0.1, 0.15) is 25.0 Å². The molecule has 0 radical (unpaired) electrons. The summed E-state index contributed by atoms with van der Waals surface area (Å²) in [6, 6.07) is 18.2. The van der Waals surface area contributed by atoms with Crippen molar-refractivity contribution < 1.29 is 14.9 Å². The summed E-state index contributed by atoms with van der Waals surface area (Å²) in [6.07, 6.45) is -0.842. The first-order valence-electron chi connectivity index (χ1n) is 7.12. The summed E-state index contributed by atoms with van der Waals surface area (Å²) in [6.45, 7) is 4.18.